The second kappa shape index (κ2) is 30.6. The summed E-state index contributed by atoms with van der Waals surface area (Å²) in [6.45, 7) is 19.4. The van der Waals surface area contributed by atoms with E-state index in [-0.39, 0.29) is 14.9 Å². The Bertz CT molecular complexity index is 255. The van der Waals surface area contributed by atoms with Crippen LogP contribution in [-0.2, 0) is 0 Å². The minimum atomic E-state index is 0. The Morgan fingerprint density at radius 2 is 1.30 bits per heavy atom. The molecule has 0 aliphatic rings. The van der Waals surface area contributed by atoms with E-state index in [2.05, 4.69) is 46.1 Å². The molecule has 0 saturated heterocycles. The quantitative estimate of drug-likeness (QED) is 0.484. The van der Waals surface area contributed by atoms with Gasteiger partial charge in [-0.15, -0.1) is 0 Å². The normalized spacial score (nSPS) is 6.50. The highest BCUT2D eigenvalue weighted by Gasteiger charge is 1.72. The molecule has 0 aromatic heterocycles. The van der Waals surface area contributed by atoms with Crippen molar-refractivity contribution < 1.29 is 0 Å². The van der Waals surface area contributed by atoms with Crippen LogP contribution < -0.4 is 0 Å². The molecule has 0 nitrogen and oxygen atoms in total. The second-order valence-electron chi connectivity index (χ2n) is 3.71. The van der Waals surface area contributed by atoms with Gasteiger partial charge in [0.05, 0.1) is 0 Å². The van der Waals surface area contributed by atoms with Gasteiger partial charge in [0, 0.05) is 0 Å². The second-order valence-corrected chi connectivity index (χ2v) is 3.71. The van der Waals surface area contributed by atoms with Gasteiger partial charge in [-0.2, -0.15) is 0 Å². The summed E-state index contributed by atoms with van der Waals surface area (Å²) < 4.78 is 0. The zero-order valence-electron chi connectivity index (χ0n) is 13.3. The Kier molecular flexibility index (Phi) is 47.8. The molecule has 0 aliphatic carbocycles. The van der Waals surface area contributed by atoms with Gasteiger partial charge in [-0.1, -0.05) is 116 Å². The van der Waals surface area contributed by atoms with E-state index in [0.717, 1.165) is 5.57 Å². The molecule has 120 valence electrons. The molecule has 0 atom stereocenters. The molecule has 0 radical (unpaired) electrons. The number of allylic oxidation sites excluding steroid dienone is 2. The van der Waals surface area contributed by atoms with E-state index < -0.39 is 0 Å². The van der Waals surface area contributed by atoms with Gasteiger partial charge < -0.3 is 0 Å². The van der Waals surface area contributed by atoms with Crippen molar-refractivity contribution in [3.63, 3.8) is 0 Å². The first-order chi connectivity index (χ1) is 8.58. The summed E-state index contributed by atoms with van der Waals surface area (Å²) in [4.78, 5) is 0. The lowest BCUT2D eigenvalue weighted by molar-refractivity contribution is 0.886. The highest BCUT2D eigenvalue weighted by atomic mass is 13.8. The van der Waals surface area contributed by atoms with Crippen LogP contribution in [0.5, 0.6) is 0 Å². The maximum Gasteiger partial charge on any atom is -0.0398 e. The van der Waals surface area contributed by atoms with Crippen molar-refractivity contribution in [2.45, 2.75) is 69.2 Å². The van der Waals surface area contributed by atoms with Crippen LogP contribution in [0.2, 0.25) is 0 Å². The van der Waals surface area contributed by atoms with Crippen LogP contribution in [0.15, 0.2) is 55.1 Å². The predicted octanol–water partition coefficient (Wildman–Crippen LogP) is 7.85. The van der Waals surface area contributed by atoms with Crippen LogP contribution in [0, 0.1) is 6.92 Å². The fraction of sp³-hybridized carbons (Fsp3) is 0.500. The number of benzene rings is 1. The zero-order valence-corrected chi connectivity index (χ0v) is 13.3. The molecular formula is C20H40. The average Bonchev–Trinajstić information content (AvgIpc) is 2.43. The van der Waals surface area contributed by atoms with E-state index in [0.29, 0.717) is 0 Å². The van der Waals surface area contributed by atoms with Crippen LogP contribution >= 0.6 is 0 Å². The fourth-order valence-electron chi connectivity index (χ4n) is 0.534. The van der Waals surface area contributed by atoms with E-state index in [1.54, 1.807) is 6.08 Å². The summed E-state index contributed by atoms with van der Waals surface area (Å²) in [7, 11) is 0. The Balaban J connectivity index is -0.0000000524. The molecule has 0 heterocycles. The van der Waals surface area contributed by atoms with Gasteiger partial charge >= 0.3 is 0 Å². The first-order valence-corrected chi connectivity index (χ1v) is 6.88. The van der Waals surface area contributed by atoms with Gasteiger partial charge in [0.1, 0.15) is 0 Å². The van der Waals surface area contributed by atoms with Gasteiger partial charge in [-0.25, -0.2) is 0 Å². The minimum absolute atomic E-state index is 0. The van der Waals surface area contributed by atoms with Crippen molar-refractivity contribution in [2.24, 2.45) is 0 Å². The predicted molar refractivity (Wildman–Crippen MR) is 102 cm³/mol. The molecule has 0 N–H and O–H groups in total. The monoisotopic (exact) mass is 280 g/mol. The van der Waals surface area contributed by atoms with Crippen LogP contribution in [0.3, 0.4) is 0 Å². The van der Waals surface area contributed by atoms with Gasteiger partial charge in [-0.05, 0) is 13.8 Å². The molecule has 0 unspecified atom stereocenters. The highest BCUT2D eigenvalue weighted by molar-refractivity contribution is 5.11. The molecule has 1 aromatic carbocycles. The molecule has 0 amide bonds. The van der Waals surface area contributed by atoms with E-state index in [1.807, 2.05) is 39.0 Å². The summed E-state index contributed by atoms with van der Waals surface area (Å²) in [5.41, 5.74) is 2.34. The number of hydrogen-bond donors (Lipinski definition) is 0. The lowest BCUT2D eigenvalue weighted by atomic mass is 10.2. The largest absolute Gasteiger partial charge is 0.0988 e. The van der Waals surface area contributed by atoms with Gasteiger partial charge in [-0.3, -0.25) is 0 Å². The maximum absolute atomic E-state index is 3.56. The third kappa shape index (κ3) is 43.7. The molecule has 0 fully saturated rings. The number of unbranched alkanes of at least 4 members (excludes halogenated alkanes) is 1. The Labute approximate surface area is 130 Å². The van der Waals surface area contributed by atoms with Crippen molar-refractivity contribution in [3.8, 4) is 0 Å². The number of aryl methyl sites for hydroxylation is 1. The van der Waals surface area contributed by atoms with Gasteiger partial charge in [0.2, 0.25) is 0 Å². The molecule has 20 heavy (non-hydrogen) atoms. The average molecular weight is 281 g/mol. The molecular weight excluding hydrogens is 240 g/mol. The third-order valence-electron chi connectivity index (χ3n) is 1.79. The zero-order chi connectivity index (χ0) is 14.8. The lowest BCUT2D eigenvalue weighted by Crippen LogP contribution is -1.62. The first-order valence-electron chi connectivity index (χ1n) is 6.88. The molecule has 0 aliphatic heterocycles. The van der Waals surface area contributed by atoms with Crippen LogP contribution in [0.25, 0.3) is 0 Å². The van der Waals surface area contributed by atoms with Crippen molar-refractivity contribution >= 4 is 0 Å². The molecule has 0 saturated carbocycles. The first kappa shape index (κ1) is 31.2. The molecule has 0 bridgehead atoms. The van der Waals surface area contributed by atoms with E-state index >= 15 is 0 Å². The SMILES string of the molecule is C.C.C=CC(=C)C.CC.CCCC.Cc1ccccc1. The van der Waals surface area contributed by atoms with E-state index in [1.165, 1.54) is 18.4 Å². The van der Waals surface area contributed by atoms with Crippen molar-refractivity contribution in [1.29, 1.82) is 0 Å². The fourth-order valence-corrected chi connectivity index (χ4v) is 0.534. The van der Waals surface area contributed by atoms with Crippen LogP contribution in [0.4, 0.5) is 0 Å². The summed E-state index contributed by atoms with van der Waals surface area (Å²) in [5.74, 6) is 0. The molecule has 0 spiro atoms. The van der Waals surface area contributed by atoms with Crippen molar-refractivity contribution in [2.75, 3.05) is 0 Å². The Morgan fingerprint density at radius 1 is 1.00 bits per heavy atom. The summed E-state index contributed by atoms with van der Waals surface area (Å²) >= 11 is 0. The van der Waals surface area contributed by atoms with E-state index in [9.17, 15) is 0 Å². The van der Waals surface area contributed by atoms with Gasteiger partial charge in [0.15, 0.2) is 0 Å². The number of hydrogen-bond acceptors (Lipinski definition) is 0. The Hall–Kier alpha value is -1.30. The topological polar surface area (TPSA) is 0 Å². The molecule has 1 rings (SSSR count). The summed E-state index contributed by atoms with van der Waals surface area (Å²) in [5, 5.41) is 0. The standard InChI is InChI=1S/C7H8.C5H8.C4H10.C2H6.2CH4/c1-7-5-3-2-4-6-7;1-4-5(2)3;1-3-4-2;1-2;;/h2-6H,1H3;4H,1-2H2,3H3;3-4H2,1-2H3;1-2H3;2*1H4. The maximum atomic E-state index is 3.56. The van der Waals surface area contributed by atoms with Crippen molar-refractivity contribution in [1.82, 2.24) is 0 Å². The smallest absolute Gasteiger partial charge is 0.0398 e. The van der Waals surface area contributed by atoms with Crippen LogP contribution in [-0.4, -0.2) is 0 Å². The van der Waals surface area contributed by atoms with E-state index in [4.69, 9.17) is 0 Å². The number of rotatable bonds is 2. The van der Waals surface area contributed by atoms with Crippen molar-refractivity contribution in [3.05, 3.63) is 60.7 Å². The highest BCUT2D eigenvalue weighted by Crippen LogP contribution is 1.92. The lowest BCUT2D eigenvalue weighted by Gasteiger charge is -1.82. The summed E-state index contributed by atoms with van der Waals surface area (Å²) in [6, 6.07) is 10.3. The summed E-state index contributed by atoms with van der Waals surface area (Å²) in [6.07, 6.45) is 4.36. The Morgan fingerprint density at radius 3 is 1.40 bits per heavy atom. The minimum Gasteiger partial charge on any atom is -0.0988 e. The van der Waals surface area contributed by atoms with Gasteiger partial charge in [0.25, 0.3) is 0 Å². The van der Waals surface area contributed by atoms with Crippen LogP contribution in [0.1, 0.15) is 67.9 Å². The molecule has 0 heteroatoms. The third-order valence-corrected chi connectivity index (χ3v) is 1.79. The molecule has 1 aromatic rings.